The van der Waals surface area contributed by atoms with Crippen LogP contribution in [-0.4, -0.2) is 29.6 Å². The standard InChI is InChI=1S/C18H16N4O5/c1-3-26-12-5-9(8-19)11(7-13(12)27-4-2)22-14(23)6-10-15(16(22)20)18(25)21-17(10)24/h5-7H,3-4,20H2,1-2H3,(H,21,24,25). The van der Waals surface area contributed by atoms with Gasteiger partial charge in [-0.05, 0) is 13.8 Å². The molecule has 0 atom stereocenters. The van der Waals surface area contributed by atoms with Gasteiger partial charge in [0.25, 0.3) is 17.4 Å². The number of hydrogen-bond acceptors (Lipinski definition) is 7. The molecule has 0 radical (unpaired) electrons. The molecule has 1 aromatic heterocycles. The third-order valence-corrected chi connectivity index (χ3v) is 3.98. The fourth-order valence-electron chi connectivity index (χ4n) is 2.89. The van der Waals surface area contributed by atoms with Crippen LogP contribution >= 0.6 is 0 Å². The van der Waals surface area contributed by atoms with Gasteiger partial charge in [-0.1, -0.05) is 0 Å². The van der Waals surface area contributed by atoms with Crippen molar-refractivity contribution in [3.63, 3.8) is 0 Å². The van der Waals surface area contributed by atoms with Gasteiger partial charge >= 0.3 is 0 Å². The van der Waals surface area contributed by atoms with E-state index in [9.17, 15) is 19.6 Å². The van der Waals surface area contributed by atoms with Crippen LogP contribution in [0.5, 0.6) is 11.5 Å². The Labute approximate surface area is 153 Å². The zero-order chi connectivity index (χ0) is 19.7. The van der Waals surface area contributed by atoms with Gasteiger partial charge in [0.15, 0.2) is 11.5 Å². The molecule has 0 spiro atoms. The summed E-state index contributed by atoms with van der Waals surface area (Å²) < 4.78 is 12.0. The zero-order valence-electron chi connectivity index (χ0n) is 14.7. The van der Waals surface area contributed by atoms with Gasteiger partial charge < -0.3 is 15.2 Å². The number of nitriles is 1. The molecule has 2 heterocycles. The zero-order valence-corrected chi connectivity index (χ0v) is 14.7. The lowest BCUT2D eigenvalue weighted by atomic mass is 10.1. The highest BCUT2D eigenvalue weighted by Gasteiger charge is 2.32. The van der Waals surface area contributed by atoms with Gasteiger partial charge in [0.1, 0.15) is 11.9 Å². The third-order valence-electron chi connectivity index (χ3n) is 3.98. The number of anilines is 1. The Balaban J connectivity index is 2.32. The smallest absolute Gasteiger partial charge is 0.262 e. The molecule has 0 saturated carbocycles. The highest BCUT2D eigenvalue weighted by Crippen LogP contribution is 2.34. The van der Waals surface area contributed by atoms with Crippen molar-refractivity contribution in [2.24, 2.45) is 0 Å². The fourth-order valence-corrected chi connectivity index (χ4v) is 2.89. The molecule has 0 bridgehead atoms. The number of nitrogen functional groups attached to an aromatic ring is 1. The van der Waals surface area contributed by atoms with Crippen molar-refractivity contribution in [2.75, 3.05) is 18.9 Å². The van der Waals surface area contributed by atoms with E-state index >= 15 is 0 Å². The summed E-state index contributed by atoms with van der Waals surface area (Å²) in [6.45, 7) is 4.25. The molecule has 0 saturated heterocycles. The van der Waals surface area contributed by atoms with Gasteiger partial charge in [0, 0.05) is 18.2 Å². The summed E-state index contributed by atoms with van der Waals surface area (Å²) in [6.07, 6.45) is 0. The van der Waals surface area contributed by atoms with Crippen molar-refractivity contribution in [1.29, 1.82) is 5.26 Å². The molecule has 3 N–H and O–H groups in total. The highest BCUT2D eigenvalue weighted by molar-refractivity contribution is 6.23. The number of amides is 2. The van der Waals surface area contributed by atoms with Crippen LogP contribution in [0.1, 0.15) is 40.1 Å². The summed E-state index contributed by atoms with van der Waals surface area (Å²) >= 11 is 0. The molecule has 1 aliphatic rings. The number of fused-ring (bicyclic) bond motifs is 1. The number of nitrogens with two attached hydrogens (primary N) is 1. The average Bonchev–Trinajstić information content (AvgIpc) is 2.91. The van der Waals surface area contributed by atoms with E-state index in [1.165, 1.54) is 12.1 Å². The Hall–Kier alpha value is -3.80. The summed E-state index contributed by atoms with van der Waals surface area (Å²) in [5.41, 5.74) is 5.41. The van der Waals surface area contributed by atoms with Crippen molar-refractivity contribution < 1.29 is 19.1 Å². The molecule has 2 aromatic rings. The van der Waals surface area contributed by atoms with Gasteiger partial charge in [0.2, 0.25) is 0 Å². The van der Waals surface area contributed by atoms with E-state index in [2.05, 4.69) is 5.32 Å². The second kappa shape index (κ2) is 6.84. The maximum absolute atomic E-state index is 12.6. The minimum Gasteiger partial charge on any atom is -0.490 e. The molecule has 9 nitrogen and oxygen atoms in total. The first-order valence-corrected chi connectivity index (χ1v) is 8.18. The number of nitrogens with one attached hydrogen (secondary N) is 1. The van der Waals surface area contributed by atoms with E-state index in [1.54, 1.807) is 13.8 Å². The normalized spacial score (nSPS) is 12.3. The summed E-state index contributed by atoms with van der Waals surface area (Å²) in [5, 5.41) is 11.6. The average molecular weight is 368 g/mol. The van der Waals surface area contributed by atoms with Crippen molar-refractivity contribution in [3.05, 3.63) is 45.2 Å². The van der Waals surface area contributed by atoms with Crippen LogP contribution in [-0.2, 0) is 0 Å². The number of pyridine rings is 1. The first-order valence-electron chi connectivity index (χ1n) is 8.18. The Bertz CT molecular complexity index is 1060. The Morgan fingerprint density at radius 2 is 1.70 bits per heavy atom. The first kappa shape index (κ1) is 18.0. The number of imide groups is 1. The van der Waals surface area contributed by atoms with Gasteiger partial charge in [-0.25, -0.2) is 0 Å². The molecule has 9 heteroatoms. The summed E-state index contributed by atoms with van der Waals surface area (Å²) in [4.78, 5) is 36.4. The second-order valence-corrected chi connectivity index (χ2v) is 5.57. The lowest BCUT2D eigenvalue weighted by molar-refractivity contribution is 0.0880. The molecule has 1 aliphatic heterocycles. The molecule has 2 amide bonds. The summed E-state index contributed by atoms with van der Waals surface area (Å²) in [7, 11) is 0. The monoisotopic (exact) mass is 368 g/mol. The van der Waals surface area contributed by atoms with Crippen LogP contribution in [0.15, 0.2) is 23.0 Å². The number of rotatable bonds is 5. The molecule has 0 fully saturated rings. The number of carbonyl (C=O) groups is 2. The van der Waals surface area contributed by atoms with E-state index in [4.69, 9.17) is 15.2 Å². The number of nitrogens with zero attached hydrogens (tertiary/aromatic N) is 2. The predicted octanol–water partition coefficient (Wildman–Crippen LogP) is 0.972. The van der Waals surface area contributed by atoms with Crippen molar-refractivity contribution in [3.8, 4) is 23.3 Å². The lowest BCUT2D eigenvalue weighted by Crippen LogP contribution is -2.24. The van der Waals surface area contributed by atoms with E-state index in [0.29, 0.717) is 24.7 Å². The maximum Gasteiger partial charge on any atom is 0.262 e. The first-order chi connectivity index (χ1) is 12.9. The number of benzene rings is 1. The molecular weight excluding hydrogens is 352 g/mol. The van der Waals surface area contributed by atoms with Crippen LogP contribution in [0.3, 0.4) is 0 Å². The van der Waals surface area contributed by atoms with Crippen molar-refractivity contribution in [2.45, 2.75) is 13.8 Å². The van der Waals surface area contributed by atoms with Gasteiger partial charge in [-0.15, -0.1) is 0 Å². The highest BCUT2D eigenvalue weighted by atomic mass is 16.5. The molecule has 0 aliphatic carbocycles. The number of hydrogen-bond donors (Lipinski definition) is 2. The van der Waals surface area contributed by atoms with Crippen LogP contribution in [0.25, 0.3) is 5.69 Å². The quantitative estimate of drug-likeness (QED) is 0.750. The Morgan fingerprint density at radius 3 is 2.30 bits per heavy atom. The van der Waals surface area contributed by atoms with Crippen molar-refractivity contribution in [1.82, 2.24) is 9.88 Å². The van der Waals surface area contributed by atoms with Crippen molar-refractivity contribution >= 4 is 17.6 Å². The molecule has 0 unspecified atom stereocenters. The largest absolute Gasteiger partial charge is 0.490 e. The minimum absolute atomic E-state index is 0.0896. The molecular formula is C18H16N4O5. The number of ether oxygens (including phenoxy) is 2. The van der Waals surface area contributed by atoms with E-state index in [0.717, 1.165) is 10.6 Å². The SMILES string of the molecule is CCOc1cc(C#N)c(-n2c(N)c3c(cc2=O)C(=O)NC3=O)cc1OCC. The summed E-state index contributed by atoms with van der Waals surface area (Å²) in [6, 6.07) is 5.89. The topological polar surface area (TPSA) is 136 Å². The molecule has 27 heavy (non-hydrogen) atoms. The number of carbonyl (C=O) groups excluding carboxylic acids is 2. The molecule has 138 valence electrons. The van der Waals surface area contributed by atoms with Gasteiger partial charge in [0.05, 0.1) is 35.6 Å². The lowest BCUT2D eigenvalue weighted by Gasteiger charge is -2.17. The molecule has 3 rings (SSSR count). The van der Waals surface area contributed by atoms with Crippen LogP contribution in [0.4, 0.5) is 5.82 Å². The molecule has 1 aromatic carbocycles. The van der Waals surface area contributed by atoms with E-state index < -0.39 is 17.4 Å². The Morgan fingerprint density at radius 1 is 1.07 bits per heavy atom. The minimum atomic E-state index is -0.698. The maximum atomic E-state index is 12.6. The third kappa shape index (κ3) is 2.87. The number of aromatic nitrogens is 1. The van der Waals surface area contributed by atoms with Crippen LogP contribution < -0.4 is 26.1 Å². The van der Waals surface area contributed by atoms with Crippen LogP contribution in [0.2, 0.25) is 0 Å². The van der Waals surface area contributed by atoms with E-state index in [-0.39, 0.29) is 28.2 Å². The van der Waals surface area contributed by atoms with Gasteiger partial charge in [-0.2, -0.15) is 5.26 Å². The fraction of sp³-hybridized carbons (Fsp3) is 0.222. The van der Waals surface area contributed by atoms with Gasteiger partial charge in [-0.3, -0.25) is 24.3 Å². The Kier molecular flexibility index (Phi) is 4.56. The summed E-state index contributed by atoms with van der Waals surface area (Å²) in [5.74, 6) is -0.950. The van der Waals surface area contributed by atoms with E-state index in [1.807, 2.05) is 6.07 Å². The predicted molar refractivity (Wildman–Crippen MR) is 95.3 cm³/mol. The van der Waals surface area contributed by atoms with Crippen LogP contribution in [0, 0.1) is 11.3 Å². The second-order valence-electron chi connectivity index (χ2n) is 5.57.